The molecule has 0 aromatic heterocycles. The summed E-state index contributed by atoms with van der Waals surface area (Å²) in [7, 11) is -3.70. The van der Waals surface area contributed by atoms with Gasteiger partial charge in [-0.3, -0.25) is 4.79 Å². The fourth-order valence-electron chi connectivity index (χ4n) is 2.20. The largest absolute Gasteiger partial charge is 0.480 e. The lowest BCUT2D eigenvalue weighted by Crippen LogP contribution is -2.52. The molecular formula is C11H22N2O4S. The van der Waals surface area contributed by atoms with E-state index < -0.39 is 22.2 Å². The van der Waals surface area contributed by atoms with Crippen LogP contribution in [-0.2, 0) is 15.0 Å². The van der Waals surface area contributed by atoms with E-state index in [2.05, 4.69) is 4.72 Å². The lowest BCUT2D eigenvalue weighted by molar-refractivity contribution is -0.139. The number of aliphatic carboxylic acids is 1. The van der Waals surface area contributed by atoms with Crippen LogP contribution in [0.25, 0.3) is 0 Å². The number of rotatable bonds is 6. The van der Waals surface area contributed by atoms with E-state index in [1.54, 1.807) is 0 Å². The second-order valence-electron chi connectivity index (χ2n) is 4.76. The first-order valence-corrected chi connectivity index (χ1v) is 7.84. The van der Waals surface area contributed by atoms with Crippen LogP contribution in [0.4, 0.5) is 0 Å². The third kappa shape index (κ3) is 3.93. The number of hydrogen-bond acceptors (Lipinski definition) is 3. The van der Waals surface area contributed by atoms with Crippen LogP contribution in [-0.4, -0.2) is 42.4 Å². The molecule has 1 rings (SSSR count). The average Bonchev–Trinajstić information content (AvgIpc) is 2.28. The van der Waals surface area contributed by atoms with Gasteiger partial charge in [-0.2, -0.15) is 17.4 Å². The van der Waals surface area contributed by atoms with Crippen molar-refractivity contribution in [2.24, 2.45) is 0 Å². The van der Waals surface area contributed by atoms with Crippen molar-refractivity contribution in [1.29, 1.82) is 0 Å². The van der Waals surface area contributed by atoms with Crippen LogP contribution in [0.5, 0.6) is 0 Å². The molecule has 1 fully saturated rings. The smallest absolute Gasteiger partial charge is 0.321 e. The minimum atomic E-state index is -3.70. The van der Waals surface area contributed by atoms with Gasteiger partial charge in [-0.25, -0.2) is 0 Å². The van der Waals surface area contributed by atoms with Gasteiger partial charge in [0.05, 0.1) is 0 Å². The second-order valence-corrected chi connectivity index (χ2v) is 6.41. The van der Waals surface area contributed by atoms with Gasteiger partial charge in [-0.1, -0.05) is 19.8 Å². The molecule has 1 heterocycles. The predicted octanol–water partition coefficient (Wildman–Crippen LogP) is 0.948. The monoisotopic (exact) mass is 278 g/mol. The SMILES string of the molecule is CCC[C@H](NS(=O)(=O)N1CCCCC1C)C(=O)O. The maximum absolute atomic E-state index is 12.1. The van der Waals surface area contributed by atoms with Gasteiger partial charge in [0, 0.05) is 12.6 Å². The molecule has 0 radical (unpaired) electrons. The number of nitrogens with zero attached hydrogens (tertiary/aromatic N) is 1. The van der Waals surface area contributed by atoms with Gasteiger partial charge >= 0.3 is 5.97 Å². The van der Waals surface area contributed by atoms with E-state index in [9.17, 15) is 13.2 Å². The van der Waals surface area contributed by atoms with E-state index in [4.69, 9.17) is 5.11 Å². The Hall–Kier alpha value is -0.660. The molecule has 0 aliphatic carbocycles. The van der Waals surface area contributed by atoms with Crippen LogP contribution in [0.3, 0.4) is 0 Å². The van der Waals surface area contributed by atoms with Crippen molar-refractivity contribution in [2.75, 3.05) is 6.54 Å². The first kappa shape index (κ1) is 15.4. The lowest BCUT2D eigenvalue weighted by atomic mass is 10.1. The van der Waals surface area contributed by atoms with E-state index >= 15 is 0 Å². The van der Waals surface area contributed by atoms with E-state index in [-0.39, 0.29) is 6.04 Å². The zero-order chi connectivity index (χ0) is 13.8. The van der Waals surface area contributed by atoms with Crippen molar-refractivity contribution in [3.05, 3.63) is 0 Å². The fourth-order valence-corrected chi connectivity index (χ4v) is 3.86. The lowest BCUT2D eigenvalue weighted by Gasteiger charge is -2.33. The molecule has 0 bridgehead atoms. The summed E-state index contributed by atoms with van der Waals surface area (Å²) in [6.45, 7) is 4.15. The van der Waals surface area contributed by atoms with E-state index in [0.29, 0.717) is 19.4 Å². The number of carboxylic acids is 1. The molecule has 1 aliphatic heterocycles. The molecule has 1 unspecified atom stereocenters. The number of carboxylic acid groups (broad SMARTS) is 1. The second kappa shape index (κ2) is 6.49. The third-order valence-electron chi connectivity index (χ3n) is 3.22. The Kier molecular flexibility index (Phi) is 5.55. The fraction of sp³-hybridized carbons (Fsp3) is 0.909. The summed E-state index contributed by atoms with van der Waals surface area (Å²) >= 11 is 0. The van der Waals surface area contributed by atoms with Gasteiger partial charge in [-0.15, -0.1) is 0 Å². The van der Waals surface area contributed by atoms with Gasteiger partial charge < -0.3 is 5.11 Å². The minimum absolute atomic E-state index is 0.0627. The average molecular weight is 278 g/mol. The van der Waals surface area contributed by atoms with Crippen molar-refractivity contribution in [3.8, 4) is 0 Å². The molecule has 2 N–H and O–H groups in total. The number of nitrogens with one attached hydrogen (secondary N) is 1. The summed E-state index contributed by atoms with van der Waals surface area (Å²) in [5, 5.41) is 8.99. The maximum atomic E-state index is 12.1. The topological polar surface area (TPSA) is 86.7 Å². The van der Waals surface area contributed by atoms with Crippen LogP contribution >= 0.6 is 0 Å². The zero-order valence-corrected chi connectivity index (χ0v) is 11.7. The number of carbonyl (C=O) groups is 1. The van der Waals surface area contributed by atoms with Gasteiger partial charge in [0.2, 0.25) is 0 Å². The molecule has 0 aromatic rings. The van der Waals surface area contributed by atoms with Crippen molar-refractivity contribution < 1.29 is 18.3 Å². The molecule has 0 saturated carbocycles. The molecular weight excluding hydrogens is 256 g/mol. The summed E-state index contributed by atoms with van der Waals surface area (Å²) in [4.78, 5) is 11.0. The number of hydrogen-bond donors (Lipinski definition) is 2. The molecule has 2 atom stereocenters. The summed E-state index contributed by atoms with van der Waals surface area (Å²) in [5.74, 6) is -1.12. The first-order valence-electron chi connectivity index (χ1n) is 6.40. The zero-order valence-electron chi connectivity index (χ0n) is 10.9. The molecule has 0 aromatic carbocycles. The molecule has 0 amide bonds. The summed E-state index contributed by atoms with van der Waals surface area (Å²) in [6.07, 6.45) is 3.60. The Bertz CT molecular complexity index is 383. The van der Waals surface area contributed by atoms with Crippen molar-refractivity contribution in [2.45, 2.75) is 58.0 Å². The highest BCUT2D eigenvalue weighted by atomic mass is 32.2. The predicted molar refractivity (Wildman–Crippen MR) is 68.4 cm³/mol. The Balaban J connectivity index is 2.75. The van der Waals surface area contributed by atoms with Gasteiger partial charge in [0.1, 0.15) is 6.04 Å². The Morgan fingerprint density at radius 3 is 2.67 bits per heavy atom. The van der Waals surface area contributed by atoms with Gasteiger partial charge in [0.25, 0.3) is 10.2 Å². The molecule has 18 heavy (non-hydrogen) atoms. The molecule has 1 saturated heterocycles. The van der Waals surface area contributed by atoms with E-state index in [1.807, 2.05) is 13.8 Å². The summed E-state index contributed by atoms with van der Waals surface area (Å²) in [5.41, 5.74) is 0. The highest BCUT2D eigenvalue weighted by Gasteiger charge is 2.32. The molecule has 6 nitrogen and oxygen atoms in total. The van der Waals surface area contributed by atoms with Gasteiger partial charge in [-0.05, 0) is 26.2 Å². The Morgan fingerprint density at radius 2 is 2.17 bits per heavy atom. The quantitative estimate of drug-likeness (QED) is 0.757. The van der Waals surface area contributed by atoms with Crippen LogP contribution in [0.2, 0.25) is 0 Å². The number of piperidine rings is 1. The summed E-state index contributed by atoms with van der Waals surface area (Å²) < 4.78 is 27.9. The van der Waals surface area contributed by atoms with Crippen LogP contribution in [0.15, 0.2) is 0 Å². The third-order valence-corrected chi connectivity index (χ3v) is 4.96. The maximum Gasteiger partial charge on any atom is 0.321 e. The molecule has 106 valence electrons. The van der Waals surface area contributed by atoms with Crippen molar-refractivity contribution in [3.63, 3.8) is 0 Å². The normalized spacial score (nSPS) is 23.8. The van der Waals surface area contributed by atoms with Crippen molar-refractivity contribution in [1.82, 2.24) is 9.03 Å². The minimum Gasteiger partial charge on any atom is -0.480 e. The highest BCUT2D eigenvalue weighted by Crippen LogP contribution is 2.19. The Labute approximate surface area is 109 Å². The van der Waals surface area contributed by atoms with Crippen LogP contribution in [0, 0.1) is 0 Å². The standard InChI is InChI=1S/C11H22N2O4S/c1-3-6-10(11(14)15)12-18(16,17)13-8-5-4-7-9(13)2/h9-10,12H,3-8H2,1-2H3,(H,14,15)/t9?,10-/m0/s1. The summed E-state index contributed by atoms with van der Waals surface area (Å²) in [6, 6.07) is -1.10. The van der Waals surface area contributed by atoms with Gasteiger partial charge in [0.15, 0.2) is 0 Å². The van der Waals surface area contributed by atoms with E-state index in [1.165, 1.54) is 4.31 Å². The van der Waals surface area contributed by atoms with E-state index in [0.717, 1.165) is 19.3 Å². The molecule has 7 heteroatoms. The van der Waals surface area contributed by atoms with Crippen LogP contribution in [0.1, 0.15) is 46.0 Å². The Morgan fingerprint density at radius 1 is 1.50 bits per heavy atom. The first-order chi connectivity index (χ1) is 8.38. The molecule has 0 spiro atoms. The van der Waals surface area contributed by atoms with Crippen molar-refractivity contribution >= 4 is 16.2 Å². The van der Waals surface area contributed by atoms with Crippen LogP contribution < -0.4 is 4.72 Å². The molecule has 1 aliphatic rings. The highest BCUT2D eigenvalue weighted by molar-refractivity contribution is 7.87.